The Hall–Kier alpha value is -3.21. The Balaban J connectivity index is 1.66. The zero-order valence-corrected chi connectivity index (χ0v) is 12.1. The fourth-order valence-corrected chi connectivity index (χ4v) is 2.38. The lowest BCUT2D eigenvalue weighted by Crippen LogP contribution is -2.31. The number of aromatic nitrogens is 3. The van der Waals surface area contributed by atoms with E-state index in [1.807, 2.05) is 6.07 Å². The molecule has 8 nitrogen and oxygen atoms in total. The van der Waals surface area contributed by atoms with Gasteiger partial charge in [-0.2, -0.15) is 5.26 Å². The molecule has 0 spiro atoms. The summed E-state index contributed by atoms with van der Waals surface area (Å²) in [4.78, 5) is 35.4. The normalized spacial score (nSPS) is 16.8. The molecule has 1 fully saturated rings. The quantitative estimate of drug-likeness (QED) is 0.874. The second-order valence-corrected chi connectivity index (χ2v) is 5.04. The highest BCUT2D eigenvalue weighted by Crippen LogP contribution is 2.19. The van der Waals surface area contributed by atoms with E-state index < -0.39 is 0 Å². The number of likely N-dealkylation sites (tertiary alicyclic amines) is 1. The molecule has 1 atom stereocenters. The van der Waals surface area contributed by atoms with Crippen molar-refractivity contribution in [3.05, 3.63) is 52.3 Å². The van der Waals surface area contributed by atoms with E-state index in [1.165, 1.54) is 30.7 Å². The molecule has 0 saturated carbocycles. The van der Waals surface area contributed by atoms with Gasteiger partial charge in [-0.25, -0.2) is 9.97 Å². The molecule has 116 valence electrons. The molecule has 3 heterocycles. The van der Waals surface area contributed by atoms with Crippen LogP contribution < -0.4 is 10.3 Å². The van der Waals surface area contributed by atoms with Crippen molar-refractivity contribution in [3.8, 4) is 11.9 Å². The van der Waals surface area contributed by atoms with Gasteiger partial charge >= 0.3 is 0 Å². The molecule has 0 bridgehead atoms. The third kappa shape index (κ3) is 3.18. The molecule has 0 unspecified atom stereocenters. The Morgan fingerprint density at radius 1 is 1.39 bits per heavy atom. The van der Waals surface area contributed by atoms with Crippen LogP contribution in [0, 0.1) is 11.3 Å². The minimum Gasteiger partial charge on any atom is -0.470 e. The molecule has 1 saturated heterocycles. The predicted octanol–water partition coefficient (Wildman–Crippen LogP) is 0.330. The number of ether oxygens (including phenoxy) is 1. The summed E-state index contributed by atoms with van der Waals surface area (Å²) in [5.74, 6) is 0.00495. The molecule has 0 radical (unpaired) electrons. The molecule has 2 aromatic heterocycles. The number of carbonyl (C=O) groups excluding carboxylic acids is 1. The molecular weight excluding hydrogens is 298 g/mol. The molecule has 0 aromatic carbocycles. The van der Waals surface area contributed by atoms with Crippen LogP contribution in [-0.4, -0.2) is 45.0 Å². The second-order valence-electron chi connectivity index (χ2n) is 5.04. The average Bonchev–Trinajstić information content (AvgIpc) is 3.04. The number of nitrogens with one attached hydrogen (secondary N) is 1. The minimum atomic E-state index is -0.254. The lowest BCUT2D eigenvalue weighted by atomic mass is 10.2. The highest BCUT2D eigenvalue weighted by Gasteiger charge is 2.29. The van der Waals surface area contributed by atoms with Crippen molar-refractivity contribution in [2.24, 2.45) is 0 Å². The number of nitriles is 1. The highest BCUT2D eigenvalue weighted by molar-refractivity contribution is 5.94. The van der Waals surface area contributed by atoms with Crippen LogP contribution in [0.1, 0.15) is 22.5 Å². The van der Waals surface area contributed by atoms with E-state index in [-0.39, 0.29) is 29.1 Å². The molecule has 1 N–H and O–H groups in total. The number of pyridine rings is 1. The summed E-state index contributed by atoms with van der Waals surface area (Å²) in [6.07, 6.45) is 4.66. The summed E-state index contributed by atoms with van der Waals surface area (Å²) in [6, 6.07) is 4.73. The fraction of sp³-hybridized carbons (Fsp3) is 0.267. The van der Waals surface area contributed by atoms with Crippen molar-refractivity contribution in [2.45, 2.75) is 12.5 Å². The Kier molecular flexibility index (Phi) is 4.01. The van der Waals surface area contributed by atoms with E-state index >= 15 is 0 Å². The molecule has 3 rings (SSSR count). The van der Waals surface area contributed by atoms with Crippen molar-refractivity contribution in [1.82, 2.24) is 19.9 Å². The summed E-state index contributed by atoms with van der Waals surface area (Å²) >= 11 is 0. The highest BCUT2D eigenvalue weighted by atomic mass is 16.5. The first-order chi connectivity index (χ1) is 11.2. The number of hydrogen-bond donors (Lipinski definition) is 1. The van der Waals surface area contributed by atoms with E-state index in [0.717, 1.165) is 0 Å². The molecule has 1 aliphatic rings. The molecule has 0 aliphatic carbocycles. The van der Waals surface area contributed by atoms with Crippen LogP contribution in [0.3, 0.4) is 0 Å². The van der Waals surface area contributed by atoms with Gasteiger partial charge < -0.3 is 14.6 Å². The zero-order valence-electron chi connectivity index (χ0n) is 12.1. The van der Waals surface area contributed by atoms with Gasteiger partial charge in [0.15, 0.2) is 0 Å². The number of rotatable bonds is 3. The van der Waals surface area contributed by atoms with Crippen molar-refractivity contribution >= 4 is 5.91 Å². The molecule has 1 amide bonds. The molecule has 8 heteroatoms. The van der Waals surface area contributed by atoms with Crippen LogP contribution in [-0.2, 0) is 0 Å². The van der Waals surface area contributed by atoms with Gasteiger partial charge in [0, 0.05) is 37.6 Å². The predicted molar refractivity (Wildman–Crippen MR) is 78.7 cm³/mol. The Bertz CT molecular complexity index is 806. The van der Waals surface area contributed by atoms with Gasteiger partial charge in [-0.15, -0.1) is 0 Å². The smallest absolute Gasteiger partial charge is 0.255 e. The Morgan fingerprint density at radius 3 is 2.96 bits per heavy atom. The second kappa shape index (κ2) is 6.27. The van der Waals surface area contributed by atoms with Crippen LogP contribution in [0.4, 0.5) is 0 Å². The molecule has 1 aliphatic heterocycles. The van der Waals surface area contributed by atoms with Gasteiger partial charge in [0.05, 0.1) is 12.1 Å². The van der Waals surface area contributed by atoms with Gasteiger partial charge in [0.1, 0.15) is 12.2 Å². The fourth-order valence-electron chi connectivity index (χ4n) is 2.38. The van der Waals surface area contributed by atoms with Gasteiger partial charge in [0.2, 0.25) is 11.3 Å². The van der Waals surface area contributed by atoms with Crippen LogP contribution >= 0.6 is 0 Å². The summed E-state index contributed by atoms with van der Waals surface area (Å²) in [7, 11) is 0. The first kappa shape index (κ1) is 14.7. The van der Waals surface area contributed by atoms with E-state index in [1.54, 1.807) is 4.90 Å². The first-order valence-corrected chi connectivity index (χ1v) is 7.03. The number of aromatic amines is 1. The van der Waals surface area contributed by atoms with E-state index in [0.29, 0.717) is 25.1 Å². The average molecular weight is 311 g/mol. The maximum atomic E-state index is 12.3. The third-order valence-electron chi connectivity index (χ3n) is 3.51. The number of carbonyl (C=O) groups is 1. The SMILES string of the molecule is N#Cc1nccnc1O[C@H]1CCN(C(=O)c2ccc(=O)[nH]c2)C1. The summed E-state index contributed by atoms with van der Waals surface area (Å²) in [5, 5.41) is 8.98. The lowest BCUT2D eigenvalue weighted by molar-refractivity contribution is 0.0770. The van der Waals surface area contributed by atoms with Crippen molar-refractivity contribution in [2.75, 3.05) is 13.1 Å². The molecular formula is C15H13N5O3. The van der Waals surface area contributed by atoms with Crippen molar-refractivity contribution < 1.29 is 9.53 Å². The largest absolute Gasteiger partial charge is 0.470 e. The van der Waals surface area contributed by atoms with Gasteiger partial charge in [-0.3, -0.25) is 9.59 Å². The van der Waals surface area contributed by atoms with E-state index in [4.69, 9.17) is 10.00 Å². The summed E-state index contributed by atoms with van der Waals surface area (Å²) < 4.78 is 5.68. The van der Waals surface area contributed by atoms with Crippen molar-refractivity contribution in [3.63, 3.8) is 0 Å². The Labute approximate surface area is 131 Å². The summed E-state index contributed by atoms with van der Waals surface area (Å²) in [5.41, 5.74) is 0.288. The van der Waals surface area contributed by atoms with Gasteiger partial charge in [0.25, 0.3) is 11.8 Å². The maximum Gasteiger partial charge on any atom is 0.255 e. The topological polar surface area (TPSA) is 112 Å². The van der Waals surface area contributed by atoms with Gasteiger partial charge in [-0.05, 0) is 6.07 Å². The minimum absolute atomic E-state index is 0.123. The summed E-state index contributed by atoms with van der Waals surface area (Å²) in [6.45, 7) is 0.921. The number of hydrogen-bond acceptors (Lipinski definition) is 6. The van der Waals surface area contributed by atoms with Crippen LogP contribution in [0.5, 0.6) is 5.88 Å². The third-order valence-corrected chi connectivity index (χ3v) is 3.51. The van der Waals surface area contributed by atoms with Crippen molar-refractivity contribution in [1.29, 1.82) is 5.26 Å². The number of nitrogens with zero attached hydrogens (tertiary/aromatic N) is 4. The van der Waals surface area contributed by atoms with Crippen LogP contribution in [0.25, 0.3) is 0 Å². The molecule has 2 aromatic rings. The van der Waals surface area contributed by atoms with Gasteiger partial charge in [-0.1, -0.05) is 0 Å². The standard InChI is InChI=1S/C15H13N5O3/c16-7-12-14(18-5-4-17-12)23-11-3-6-20(9-11)15(22)10-1-2-13(21)19-8-10/h1-2,4-5,8,11H,3,6,9H2,(H,19,21)/t11-/m0/s1. The number of H-pyrrole nitrogens is 1. The number of amides is 1. The van der Waals surface area contributed by atoms with E-state index in [9.17, 15) is 9.59 Å². The van der Waals surface area contributed by atoms with Crippen LogP contribution in [0.2, 0.25) is 0 Å². The van der Waals surface area contributed by atoms with Crippen LogP contribution in [0.15, 0.2) is 35.5 Å². The Morgan fingerprint density at radius 2 is 2.22 bits per heavy atom. The zero-order chi connectivity index (χ0) is 16.2. The maximum absolute atomic E-state index is 12.3. The molecule has 23 heavy (non-hydrogen) atoms. The van der Waals surface area contributed by atoms with E-state index in [2.05, 4.69) is 15.0 Å². The first-order valence-electron chi connectivity index (χ1n) is 7.03. The monoisotopic (exact) mass is 311 g/mol. The lowest BCUT2D eigenvalue weighted by Gasteiger charge is -2.17.